The number of esters is 1. The summed E-state index contributed by atoms with van der Waals surface area (Å²) in [6.07, 6.45) is 5.95. The Morgan fingerprint density at radius 3 is 2.89 bits per heavy atom. The predicted octanol–water partition coefficient (Wildman–Crippen LogP) is 3.89. The van der Waals surface area contributed by atoms with Crippen molar-refractivity contribution in [1.29, 1.82) is 0 Å². The fraction of sp³-hybridized carbons (Fsp3) is 0.455. The summed E-state index contributed by atoms with van der Waals surface area (Å²) in [7, 11) is 1.66. The van der Waals surface area contributed by atoms with Crippen LogP contribution in [0.25, 0.3) is 10.9 Å². The molecule has 0 saturated carbocycles. The van der Waals surface area contributed by atoms with Crippen molar-refractivity contribution in [3.05, 3.63) is 47.7 Å². The van der Waals surface area contributed by atoms with Gasteiger partial charge in [0.05, 0.1) is 18.7 Å². The molecule has 4 atom stereocenters. The van der Waals surface area contributed by atoms with Crippen LogP contribution in [0.1, 0.15) is 38.4 Å². The Morgan fingerprint density at radius 1 is 1.37 bits per heavy atom. The second-order valence-corrected chi connectivity index (χ2v) is 7.44. The molecule has 3 saturated heterocycles. The summed E-state index contributed by atoms with van der Waals surface area (Å²) in [6, 6.07) is 8.02. The molecule has 27 heavy (non-hydrogen) atoms. The van der Waals surface area contributed by atoms with Gasteiger partial charge in [0.2, 0.25) is 0 Å². The van der Waals surface area contributed by atoms with Gasteiger partial charge in [-0.15, -0.1) is 0 Å². The zero-order chi connectivity index (χ0) is 19.0. The summed E-state index contributed by atoms with van der Waals surface area (Å²) in [4.78, 5) is 18.9. The zero-order valence-electron chi connectivity index (χ0n) is 16.1. The Bertz CT molecular complexity index is 892. The van der Waals surface area contributed by atoms with Crippen LogP contribution < -0.4 is 4.74 Å². The van der Waals surface area contributed by atoms with E-state index < -0.39 is 0 Å². The van der Waals surface area contributed by atoms with Crippen molar-refractivity contribution >= 4 is 16.9 Å². The smallest absolute Gasteiger partial charge is 0.303 e. The van der Waals surface area contributed by atoms with Crippen LogP contribution in [-0.4, -0.2) is 42.1 Å². The van der Waals surface area contributed by atoms with Crippen molar-refractivity contribution in [2.75, 3.05) is 20.2 Å². The highest BCUT2D eigenvalue weighted by molar-refractivity contribution is 5.84. The predicted molar refractivity (Wildman–Crippen MR) is 105 cm³/mol. The maximum atomic E-state index is 12.0. The number of carbonyl (C=O) groups excluding carboxylic acids is 1. The average molecular weight is 366 g/mol. The molecule has 4 heterocycles. The lowest BCUT2D eigenvalue weighted by atomic mass is 9.76. The van der Waals surface area contributed by atoms with E-state index in [2.05, 4.69) is 22.9 Å². The first-order valence-electron chi connectivity index (χ1n) is 9.59. The van der Waals surface area contributed by atoms with Crippen LogP contribution in [-0.2, 0) is 9.53 Å². The molecule has 0 aliphatic carbocycles. The van der Waals surface area contributed by atoms with Crippen molar-refractivity contribution in [1.82, 2.24) is 9.88 Å². The van der Waals surface area contributed by atoms with Gasteiger partial charge in [0.25, 0.3) is 0 Å². The number of rotatable bonds is 4. The van der Waals surface area contributed by atoms with Crippen LogP contribution in [0.15, 0.2) is 42.1 Å². The Kier molecular flexibility index (Phi) is 4.87. The molecule has 0 amide bonds. The topological polar surface area (TPSA) is 51.7 Å². The molecular weight excluding hydrogens is 340 g/mol. The standard InChI is InChI=1S/C22H26N2O3/c1-4-15-13-24-10-8-16(15)11-21(24)22(27-14(2)25)18-7-9-23-20-6-5-17(26-3)12-19(18)20/h4-7,9,12,16,21-22H,8,10-11,13H2,1-3H3/b15-4+/t16-,21+,22-/m0/s1. The van der Waals surface area contributed by atoms with Crippen molar-refractivity contribution in [2.24, 2.45) is 5.92 Å². The molecular formula is C22H26N2O3. The molecule has 0 radical (unpaired) electrons. The van der Waals surface area contributed by atoms with E-state index in [0.29, 0.717) is 5.92 Å². The Labute approximate surface area is 160 Å². The number of nitrogens with zero attached hydrogens (tertiary/aromatic N) is 2. The second kappa shape index (κ2) is 7.31. The van der Waals surface area contributed by atoms with Gasteiger partial charge in [0, 0.05) is 30.6 Å². The van der Waals surface area contributed by atoms with Crippen LogP contribution in [0.5, 0.6) is 5.75 Å². The van der Waals surface area contributed by atoms with E-state index in [1.807, 2.05) is 24.3 Å². The van der Waals surface area contributed by atoms with E-state index in [0.717, 1.165) is 41.7 Å². The number of hydrogen-bond acceptors (Lipinski definition) is 5. The molecule has 3 fully saturated rings. The molecule has 3 aliphatic heterocycles. The Balaban J connectivity index is 1.78. The number of methoxy groups -OCH3 is 1. The van der Waals surface area contributed by atoms with Crippen LogP contribution in [0.2, 0.25) is 0 Å². The lowest BCUT2D eigenvalue weighted by Crippen LogP contribution is -2.53. The molecule has 1 aromatic carbocycles. The number of fused-ring (bicyclic) bond motifs is 4. The number of allylic oxidation sites excluding steroid dienone is 1. The van der Waals surface area contributed by atoms with Crippen molar-refractivity contribution in [3.63, 3.8) is 0 Å². The number of aromatic nitrogens is 1. The minimum atomic E-state index is -0.304. The summed E-state index contributed by atoms with van der Waals surface area (Å²) in [5, 5.41) is 0.983. The third-order valence-corrected chi connectivity index (χ3v) is 5.97. The number of ether oxygens (including phenoxy) is 2. The quantitative estimate of drug-likeness (QED) is 0.607. The highest BCUT2D eigenvalue weighted by Gasteiger charge is 2.42. The SMILES string of the molecule is C/C=C1\CN2CC[C@H]1C[C@@H]2[C@@H](OC(C)=O)c1ccnc2ccc(OC)cc12. The molecule has 1 unspecified atom stereocenters. The van der Waals surface area contributed by atoms with Gasteiger partial charge in [-0.1, -0.05) is 11.6 Å². The van der Waals surface area contributed by atoms with Crippen LogP contribution in [0.4, 0.5) is 0 Å². The normalized spacial score (nSPS) is 26.9. The van der Waals surface area contributed by atoms with Crippen molar-refractivity contribution in [2.45, 2.75) is 38.8 Å². The van der Waals surface area contributed by atoms with Gasteiger partial charge in [-0.05, 0) is 56.5 Å². The molecule has 2 bridgehead atoms. The van der Waals surface area contributed by atoms with E-state index in [-0.39, 0.29) is 18.1 Å². The number of benzene rings is 1. The van der Waals surface area contributed by atoms with Crippen molar-refractivity contribution in [3.8, 4) is 5.75 Å². The molecule has 2 aromatic rings. The number of hydrogen-bond donors (Lipinski definition) is 0. The molecule has 3 aliphatic rings. The summed E-state index contributed by atoms with van der Waals surface area (Å²) < 4.78 is 11.3. The first kappa shape index (κ1) is 18.0. The number of carbonyl (C=O) groups is 1. The Hall–Kier alpha value is -2.40. The average Bonchev–Trinajstić information content (AvgIpc) is 2.71. The monoisotopic (exact) mass is 366 g/mol. The zero-order valence-corrected chi connectivity index (χ0v) is 16.1. The van der Waals surface area contributed by atoms with Crippen molar-refractivity contribution < 1.29 is 14.3 Å². The molecule has 5 rings (SSSR count). The second-order valence-electron chi connectivity index (χ2n) is 7.44. The maximum Gasteiger partial charge on any atom is 0.303 e. The van der Waals surface area contributed by atoms with Crippen LogP contribution in [0.3, 0.4) is 0 Å². The maximum absolute atomic E-state index is 12.0. The molecule has 0 spiro atoms. The van der Waals surface area contributed by atoms with Gasteiger partial charge in [-0.3, -0.25) is 14.7 Å². The van der Waals surface area contributed by atoms with E-state index >= 15 is 0 Å². The molecule has 5 heteroatoms. The molecule has 142 valence electrons. The van der Waals surface area contributed by atoms with Gasteiger partial charge < -0.3 is 9.47 Å². The third-order valence-electron chi connectivity index (χ3n) is 5.97. The summed E-state index contributed by atoms with van der Waals surface area (Å²) in [5.41, 5.74) is 3.41. The molecule has 5 nitrogen and oxygen atoms in total. The first-order valence-corrected chi connectivity index (χ1v) is 9.59. The van der Waals surface area contributed by atoms with E-state index in [4.69, 9.17) is 9.47 Å². The van der Waals surface area contributed by atoms with Gasteiger partial charge >= 0.3 is 5.97 Å². The van der Waals surface area contributed by atoms with Gasteiger partial charge in [-0.25, -0.2) is 0 Å². The summed E-state index contributed by atoms with van der Waals surface area (Å²) in [6.45, 7) is 5.63. The lowest BCUT2D eigenvalue weighted by Gasteiger charge is -2.49. The van der Waals surface area contributed by atoms with E-state index in [1.54, 1.807) is 13.3 Å². The van der Waals surface area contributed by atoms with Crippen LogP contribution >= 0.6 is 0 Å². The highest BCUT2D eigenvalue weighted by atomic mass is 16.5. The highest BCUT2D eigenvalue weighted by Crippen LogP contribution is 2.43. The minimum absolute atomic E-state index is 0.188. The number of piperidine rings is 3. The third kappa shape index (κ3) is 3.32. The van der Waals surface area contributed by atoms with Gasteiger partial charge in [0.1, 0.15) is 11.9 Å². The minimum Gasteiger partial charge on any atom is -0.497 e. The molecule has 1 aromatic heterocycles. The summed E-state index contributed by atoms with van der Waals surface area (Å²) >= 11 is 0. The van der Waals surface area contributed by atoms with E-state index in [1.165, 1.54) is 18.9 Å². The number of pyridine rings is 1. The fourth-order valence-electron chi connectivity index (χ4n) is 4.63. The largest absolute Gasteiger partial charge is 0.497 e. The van der Waals surface area contributed by atoms with Gasteiger partial charge in [-0.2, -0.15) is 0 Å². The Morgan fingerprint density at radius 2 is 2.22 bits per heavy atom. The summed E-state index contributed by atoms with van der Waals surface area (Å²) in [5.74, 6) is 1.12. The lowest BCUT2D eigenvalue weighted by molar-refractivity contribution is -0.152. The van der Waals surface area contributed by atoms with Crippen LogP contribution in [0, 0.1) is 5.92 Å². The van der Waals surface area contributed by atoms with Gasteiger partial charge in [0.15, 0.2) is 0 Å². The van der Waals surface area contributed by atoms with E-state index in [9.17, 15) is 4.79 Å². The molecule has 0 N–H and O–H groups in total. The first-order chi connectivity index (χ1) is 13.1. The fourth-order valence-corrected chi connectivity index (χ4v) is 4.63.